The second kappa shape index (κ2) is 5.58. The highest BCUT2D eigenvalue weighted by atomic mass is 16.5. The van der Waals surface area contributed by atoms with E-state index in [0.717, 1.165) is 25.7 Å². The number of nitrogens with one attached hydrogen (secondary N) is 1. The van der Waals surface area contributed by atoms with Gasteiger partial charge in [-0.1, -0.05) is 0 Å². The summed E-state index contributed by atoms with van der Waals surface area (Å²) in [6.45, 7) is 5.10. The van der Waals surface area contributed by atoms with Crippen molar-refractivity contribution in [2.24, 2.45) is 0 Å². The van der Waals surface area contributed by atoms with E-state index >= 15 is 0 Å². The summed E-state index contributed by atoms with van der Waals surface area (Å²) >= 11 is 0. The minimum absolute atomic E-state index is 0.643. The van der Waals surface area contributed by atoms with Crippen molar-refractivity contribution in [2.75, 3.05) is 33.9 Å². The molecule has 3 nitrogen and oxygen atoms in total. The fourth-order valence-electron chi connectivity index (χ4n) is 1.47. The van der Waals surface area contributed by atoms with Crippen molar-refractivity contribution in [1.82, 2.24) is 10.2 Å². The second-order valence-electron chi connectivity index (χ2n) is 3.94. The summed E-state index contributed by atoms with van der Waals surface area (Å²) in [4.78, 5) is 2.47. The number of hydrogen-bond donors (Lipinski definition) is 1. The van der Waals surface area contributed by atoms with Gasteiger partial charge < -0.3 is 10.1 Å². The number of nitrogens with zero attached hydrogens (tertiary/aromatic N) is 1. The number of rotatable bonds is 7. The molecule has 0 aliphatic heterocycles. The van der Waals surface area contributed by atoms with Crippen molar-refractivity contribution in [1.29, 1.82) is 0 Å². The lowest BCUT2D eigenvalue weighted by atomic mass is 10.3. The van der Waals surface area contributed by atoms with Crippen molar-refractivity contribution in [2.45, 2.75) is 31.8 Å². The molecule has 1 fully saturated rings. The van der Waals surface area contributed by atoms with Crippen molar-refractivity contribution in [3.63, 3.8) is 0 Å². The molecule has 1 atom stereocenters. The van der Waals surface area contributed by atoms with E-state index in [4.69, 9.17) is 4.74 Å². The van der Waals surface area contributed by atoms with E-state index in [1.54, 1.807) is 7.11 Å². The molecule has 78 valence electrons. The van der Waals surface area contributed by atoms with Crippen molar-refractivity contribution < 1.29 is 4.74 Å². The first-order chi connectivity index (χ1) is 6.25. The smallest absolute Gasteiger partial charge is 0.0587 e. The zero-order valence-corrected chi connectivity index (χ0v) is 9.05. The molecule has 0 bridgehead atoms. The maximum Gasteiger partial charge on any atom is 0.0587 e. The molecule has 1 aliphatic rings. The Balaban J connectivity index is 1.99. The summed E-state index contributed by atoms with van der Waals surface area (Å²) in [7, 11) is 3.96. The Hall–Kier alpha value is -0.120. The molecule has 13 heavy (non-hydrogen) atoms. The number of likely N-dealkylation sites (N-methyl/N-ethyl adjacent to an activating group) is 1. The van der Waals surface area contributed by atoms with E-state index in [1.165, 1.54) is 12.8 Å². The molecule has 0 spiro atoms. The third-order valence-corrected chi connectivity index (χ3v) is 2.74. The second-order valence-corrected chi connectivity index (χ2v) is 3.94. The van der Waals surface area contributed by atoms with Gasteiger partial charge in [-0.3, -0.25) is 4.90 Å². The fraction of sp³-hybridized carbons (Fsp3) is 1.00. The quantitative estimate of drug-likeness (QED) is 0.593. The van der Waals surface area contributed by atoms with Gasteiger partial charge in [0.25, 0.3) is 0 Å². The summed E-state index contributed by atoms with van der Waals surface area (Å²) in [5.74, 6) is 0. The van der Waals surface area contributed by atoms with Crippen LogP contribution in [0.1, 0.15) is 19.8 Å². The monoisotopic (exact) mass is 186 g/mol. The van der Waals surface area contributed by atoms with Gasteiger partial charge in [0, 0.05) is 32.3 Å². The Bertz CT molecular complexity index is 137. The topological polar surface area (TPSA) is 24.5 Å². The molecule has 0 heterocycles. The summed E-state index contributed by atoms with van der Waals surface area (Å²) in [6.07, 6.45) is 2.78. The third kappa shape index (κ3) is 4.07. The lowest BCUT2D eigenvalue weighted by molar-refractivity contribution is 0.191. The molecule has 0 aromatic carbocycles. The van der Waals surface area contributed by atoms with Gasteiger partial charge in [-0.05, 0) is 26.8 Å². The zero-order valence-electron chi connectivity index (χ0n) is 9.05. The predicted molar refractivity (Wildman–Crippen MR) is 55.0 cm³/mol. The van der Waals surface area contributed by atoms with Crippen LogP contribution in [0.3, 0.4) is 0 Å². The minimum Gasteiger partial charge on any atom is -0.383 e. The van der Waals surface area contributed by atoms with Crippen LogP contribution in [0, 0.1) is 0 Å². The first-order valence-corrected chi connectivity index (χ1v) is 5.17. The van der Waals surface area contributed by atoms with Gasteiger partial charge in [-0.25, -0.2) is 0 Å². The molecule has 1 rings (SSSR count). The molecule has 0 aromatic heterocycles. The maximum atomic E-state index is 4.97. The summed E-state index contributed by atoms with van der Waals surface area (Å²) < 4.78 is 4.97. The van der Waals surface area contributed by atoms with Crippen LogP contribution in [0.25, 0.3) is 0 Å². The van der Waals surface area contributed by atoms with Crippen molar-refractivity contribution in [3.8, 4) is 0 Å². The SMILES string of the molecule is COCCNCC(C)N(C)C1CC1. The number of hydrogen-bond acceptors (Lipinski definition) is 3. The summed E-state index contributed by atoms with van der Waals surface area (Å²) in [5.41, 5.74) is 0. The Morgan fingerprint density at radius 3 is 2.77 bits per heavy atom. The largest absolute Gasteiger partial charge is 0.383 e. The maximum absolute atomic E-state index is 4.97. The average molecular weight is 186 g/mol. The minimum atomic E-state index is 0.643. The normalized spacial score (nSPS) is 19.4. The third-order valence-electron chi connectivity index (χ3n) is 2.74. The van der Waals surface area contributed by atoms with Crippen LogP contribution in [0.5, 0.6) is 0 Å². The predicted octanol–water partition coefficient (Wildman–Crippen LogP) is 0.705. The molecule has 1 aliphatic carbocycles. The lowest BCUT2D eigenvalue weighted by Gasteiger charge is -2.24. The van der Waals surface area contributed by atoms with Gasteiger partial charge in [-0.15, -0.1) is 0 Å². The summed E-state index contributed by atoms with van der Waals surface area (Å²) in [5, 5.41) is 3.38. The molecule has 3 heteroatoms. The molecule has 0 radical (unpaired) electrons. The van der Waals surface area contributed by atoms with Gasteiger partial charge in [0.15, 0.2) is 0 Å². The molecule has 0 aromatic rings. The number of ether oxygens (including phenoxy) is 1. The van der Waals surface area contributed by atoms with Gasteiger partial charge in [0.1, 0.15) is 0 Å². The lowest BCUT2D eigenvalue weighted by Crippen LogP contribution is -2.39. The van der Waals surface area contributed by atoms with E-state index in [2.05, 4.69) is 24.2 Å². The molecule has 1 N–H and O–H groups in total. The highest BCUT2D eigenvalue weighted by Gasteiger charge is 2.28. The van der Waals surface area contributed by atoms with Crippen molar-refractivity contribution in [3.05, 3.63) is 0 Å². The summed E-state index contributed by atoms with van der Waals surface area (Å²) in [6, 6.07) is 1.50. The van der Waals surface area contributed by atoms with E-state index in [9.17, 15) is 0 Å². The Morgan fingerprint density at radius 2 is 2.23 bits per heavy atom. The van der Waals surface area contributed by atoms with Crippen molar-refractivity contribution >= 4 is 0 Å². The average Bonchev–Trinajstić information content (AvgIpc) is 2.94. The van der Waals surface area contributed by atoms with E-state index in [0.29, 0.717) is 6.04 Å². The Kier molecular flexibility index (Phi) is 4.70. The Morgan fingerprint density at radius 1 is 1.54 bits per heavy atom. The molecule has 1 unspecified atom stereocenters. The van der Waals surface area contributed by atoms with E-state index in [-0.39, 0.29) is 0 Å². The van der Waals surface area contributed by atoms with Gasteiger partial charge in [0.05, 0.1) is 6.61 Å². The van der Waals surface area contributed by atoms with Crippen LogP contribution >= 0.6 is 0 Å². The molecular weight excluding hydrogens is 164 g/mol. The molecule has 0 saturated heterocycles. The van der Waals surface area contributed by atoms with Crippen LogP contribution in [0.15, 0.2) is 0 Å². The molecule has 0 amide bonds. The molecule has 1 saturated carbocycles. The van der Waals surface area contributed by atoms with Gasteiger partial charge in [0.2, 0.25) is 0 Å². The zero-order chi connectivity index (χ0) is 9.68. The van der Waals surface area contributed by atoms with Gasteiger partial charge in [-0.2, -0.15) is 0 Å². The van der Waals surface area contributed by atoms with Crippen LogP contribution in [-0.2, 0) is 4.74 Å². The first-order valence-electron chi connectivity index (χ1n) is 5.17. The van der Waals surface area contributed by atoms with E-state index in [1.807, 2.05) is 0 Å². The van der Waals surface area contributed by atoms with Gasteiger partial charge >= 0.3 is 0 Å². The van der Waals surface area contributed by atoms with E-state index < -0.39 is 0 Å². The highest BCUT2D eigenvalue weighted by molar-refractivity contribution is 4.85. The molecular formula is C10H22N2O. The highest BCUT2D eigenvalue weighted by Crippen LogP contribution is 2.26. The van der Waals surface area contributed by atoms with Crippen LogP contribution in [0.2, 0.25) is 0 Å². The van der Waals surface area contributed by atoms with Crippen LogP contribution < -0.4 is 5.32 Å². The fourth-order valence-corrected chi connectivity index (χ4v) is 1.47. The van der Waals surface area contributed by atoms with Crippen LogP contribution in [0.4, 0.5) is 0 Å². The Labute approximate surface area is 81.4 Å². The standard InChI is InChI=1S/C10H22N2O/c1-9(8-11-6-7-13-3)12(2)10-4-5-10/h9-11H,4-8H2,1-3H3. The first kappa shape index (κ1) is 11.0. The number of methoxy groups -OCH3 is 1. The van der Waals surface area contributed by atoms with Crippen LogP contribution in [-0.4, -0.2) is 50.8 Å².